The summed E-state index contributed by atoms with van der Waals surface area (Å²) in [5.74, 6) is 1.73. The van der Waals surface area contributed by atoms with Crippen LogP contribution in [0.2, 0.25) is 0 Å². The average molecular weight is 486 g/mol. The van der Waals surface area contributed by atoms with E-state index in [0.29, 0.717) is 24.2 Å². The number of aromatic nitrogens is 2. The molecule has 0 saturated carbocycles. The molecular weight excluding hydrogens is 450 g/mol. The number of rotatable bonds is 7. The molecule has 2 saturated heterocycles. The summed E-state index contributed by atoms with van der Waals surface area (Å²) in [7, 11) is 0. The Morgan fingerprint density at radius 1 is 0.944 bits per heavy atom. The molecule has 1 aromatic heterocycles. The van der Waals surface area contributed by atoms with Crippen LogP contribution < -0.4 is 0 Å². The van der Waals surface area contributed by atoms with E-state index < -0.39 is 0 Å². The molecule has 3 aromatic rings. The largest absolute Gasteiger partial charge is 0.340 e. The van der Waals surface area contributed by atoms with Gasteiger partial charge in [0.25, 0.3) is 0 Å². The zero-order valence-corrected chi connectivity index (χ0v) is 21.1. The van der Waals surface area contributed by atoms with Crippen LogP contribution in [0.1, 0.15) is 29.9 Å². The normalized spacial score (nSPS) is 18.2. The summed E-state index contributed by atoms with van der Waals surface area (Å²) < 4.78 is 5.52. The van der Waals surface area contributed by atoms with Crippen LogP contribution in [0, 0.1) is 12.8 Å². The van der Waals surface area contributed by atoms with Gasteiger partial charge in [0, 0.05) is 44.2 Å². The number of aryl methyl sites for hydroxylation is 1. The fraction of sp³-hybridized carbons (Fsp3) is 0.414. The number of piperidine rings is 1. The van der Waals surface area contributed by atoms with Crippen LogP contribution in [-0.2, 0) is 11.3 Å². The van der Waals surface area contributed by atoms with E-state index in [4.69, 9.17) is 4.52 Å². The number of piperazine rings is 1. The molecule has 2 aliphatic rings. The summed E-state index contributed by atoms with van der Waals surface area (Å²) in [5.41, 5.74) is 3.36. The highest BCUT2D eigenvalue weighted by atomic mass is 16.5. The van der Waals surface area contributed by atoms with Crippen LogP contribution in [0.3, 0.4) is 0 Å². The first kappa shape index (κ1) is 24.4. The van der Waals surface area contributed by atoms with E-state index in [1.807, 2.05) is 24.3 Å². The molecule has 0 aliphatic carbocycles. The lowest BCUT2D eigenvalue weighted by Crippen LogP contribution is -2.51. The second-order valence-corrected chi connectivity index (χ2v) is 9.82. The molecule has 188 valence electrons. The minimum Gasteiger partial charge on any atom is -0.340 e. The monoisotopic (exact) mass is 485 g/mol. The molecule has 2 aromatic carbocycles. The second-order valence-electron chi connectivity index (χ2n) is 9.82. The van der Waals surface area contributed by atoms with Gasteiger partial charge in [0.15, 0.2) is 0 Å². The number of carbonyl (C=O) groups excluding carboxylic acids is 1. The summed E-state index contributed by atoms with van der Waals surface area (Å²) in [6, 6.07) is 18.4. The van der Waals surface area contributed by atoms with Crippen LogP contribution in [0.25, 0.3) is 17.5 Å². The van der Waals surface area contributed by atoms with Crippen LogP contribution in [0.5, 0.6) is 0 Å². The van der Waals surface area contributed by atoms with Crippen molar-refractivity contribution in [1.82, 2.24) is 24.8 Å². The highest BCUT2D eigenvalue weighted by Gasteiger charge is 2.30. The van der Waals surface area contributed by atoms with Crippen molar-refractivity contribution in [2.45, 2.75) is 26.3 Å². The van der Waals surface area contributed by atoms with Crippen molar-refractivity contribution < 1.29 is 9.32 Å². The first-order valence-corrected chi connectivity index (χ1v) is 13.0. The van der Waals surface area contributed by atoms with Crippen LogP contribution in [-0.4, -0.2) is 76.6 Å². The molecule has 0 N–H and O–H groups in total. The molecule has 3 heterocycles. The number of hydrogen-bond acceptors (Lipinski definition) is 6. The quantitative estimate of drug-likeness (QED) is 0.502. The molecule has 0 radical (unpaired) electrons. The van der Waals surface area contributed by atoms with Crippen LogP contribution in [0.15, 0.2) is 65.2 Å². The summed E-state index contributed by atoms with van der Waals surface area (Å²) >= 11 is 0. The lowest BCUT2D eigenvalue weighted by molar-refractivity contribution is -0.138. The smallest absolute Gasteiger partial charge is 0.241 e. The summed E-state index contributed by atoms with van der Waals surface area (Å²) in [4.78, 5) is 24.6. The van der Waals surface area contributed by atoms with Gasteiger partial charge in [0.1, 0.15) is 0 Å². The van der Waals surface area contributed by atoms with Gasteiger partial charge in [0.2, 0.25) is 17.6 Å². The van der Waals surface area contributed by atoms with Crippen molar-refractivity contribution in [3.8, 4) is 11.4 Å². The minimum absolute atomic E-state index is 0.121. The molecule has 5 rings (SSSR count). The van der Waals surface area contributed by atoms with E-state index >= 15 is 0 Å². The molecule has 0 bridgehead atoms. The van der Waals surface area contributed by atoms with Gasteiger partial charge >= 0.3 is 0 Å². The van der Waals surface area contributed by atoms with Gasteiger partial charge in [-0.05, 0) is 44.0 Å². The zero-order chi connectivity index (χ0) is 24.7. The Bertz CT molecular complexity index is 1160. The van der Waals surface area contributed by atoms with E-state index in [1.165, 1.54) is 5.56 Å². The van der Waals surface area contributed by atoms with Gasteiger partial charge in [-0.25, -0.2) is 0 Å². The predicted molar refractivity (Wildman–Crippen MR) is 141 cm³/mol. The zero-order valence-electron chi connectivity index (χ0n) is 21.1. The summed E-state index contributed by atoms with van der Waals surface area (Å²) in [5, 5.41) is 4.18. The van der Waals surface area contributed by atoms with Gasteiger partial charge in [-0.15, -0.1) is 0 Å². The summed E-state index contributed by atoms with van der Waals surface area (Å²) in [6.07, 6.45) is 6.16. The van der Waals surface area contributed by atoms with Crippen molar-refractivity contribution in [2.24, 2.45) is 5.92 Å². The van der Waals surface area contributed by atoms with Crippen molar-refractivity contribution in [3.63, 3.8) is 0 Å². The lowest BCUT2D eigenvalue weighted by Gasteiger charge is -2.38. The fourth-order valence-electron chi connectivity index (χ4n) is 5.09. The first-order valence-electron chi connectivity index (χ1n) is 13.0. The Morgan fingerprint density at radius 2 is 1.67 bits per heavy atom. The number of carbonyl (C=O) groups is 1. The Morgan fingerprint density at radius 3 is 2.42 bits per heavy atom. The fourth-order valence-corrected chi connectivity index (χ4v) is 5.09. The molecular formula is C29H35N5O2. The van der Waals surface area contributed by atoms with E-state index in [1.54, 1.807) is 0 Å². The molecule has 7 heteroatoms. The highest BCUT2D eigenvalue weighted by molar-refractivity contribution is 5.79. The third-order valence-corrected chi connectivity index (χ3v) is 7.31. The Hall–Kier alpha value is -3.29. The number of benzene rings is 2. The van der Waals surface area contributed by atoms with Gasteiger partial charge in [-0.3, -0.25) is 14.6 Å². The Labute approximate surface area is 213 Å². The van der Waals surface area contributed by atoms with E-state index in [0.717, 1.165) is 69.8 Å². The number of amides is 1. The van der Waals surface area contributed by atoms with Crippen molar-refractivity contribution >= 4 is 12.0 Å². The topological polar surface area (TPSA) is 65.7 Å². The molecule has 2 fully saturated rings. The predicted octanol–water partition coefficient (Wildman–Crippen LogP) is 4.11. The number of likely N-dealkylation sites (tertiary alicyclic amines) is 1. The van der Waals surface area contributed by atoms with Crippen molar-refractivity contribution in [3.05, 3.63) is 77.7 Å². The van der Waals surface area contributed by atoms with E-state index in [9.17, 15) is 4.79 Å². The van der Waals surface area contributed by atoms with Crippen molar-refractivity contribution in [1.29, 1.82) is 0 Å². The molecule has 2 aliphatic heterocycles. The third-order valence-electron chi connectivity index (χ3n) is 7.31. The molecule has 7 nitrogen and oxygen atoms in total. The third kappa shape index (κ3) is 6.09. The van der Waals surface area contributed by atoms with Crippen LogP contribution >= 0.6 is 0 Å². The molecule has 0 unspecified atom stereocenters. The molecule has 1 amide bonds. The maximum absolute atomic E-state index is 13.2. The number of hydrogen-bond donors (Lipinski definition) is 0. The average Bonchev–Trinajstić information content (AvgIpc) is 3.38. The number of nitrogens with zero attached hydrogens (tertiary/aromatic N) is 5. The van der Waals surface area contributed by atoms with Crippen molar-refractivity contribution in [2.75, 3.05) is 45.8 Å². The maximum Gasteiger partial charge on any atom is 0.241 e. The van der Waals surface area contributed by atoms with Gasteiger partial charge in [0.05, 0.1) is 6.54 Å². The molecule has 36 heavy (non-hydrogen) atoms. The van der Waals surface area contributed by atoms with E-state index in [-0.39, 0.29) is 5.92 Å². The molecule has 0 atom stereocenters. The summed E-state index contributed by atoms with van der Waals surface area (Å²) in [6.45, 7) is 8.88. The van der Waals surface area contributed by atoms with E-state index in [2.05, 4.69) is 74.2 Å². The lowest BCUT2D eigenvalue weighted by atomic mass is 9.95. The Balaban J connectivity index is 1.04. The maximum atomic E-state index is 13.2. The van der Waals surface area contributed by atoms with Gasteiger partial charge in [-0.1, -0.05) is 71.9 Å². The Kier molecular flexibility index (Phi) is 7.88. The molecule has 0 spiro atoms. The minimum atomic E-state index is 0.121. The highest BCUT2D eigenvalue weighted by Crippen LogP contribution is 2.23. The SMILES string of the molecule is Cc1ccccc1-c1noc(CN2CCC(C(=O)N3CCN(C/C=C/c4ccccc4)CC3)CC2)n1. The van der Waals surface area contributed by atoms with Gasteiger partial charge in [-0.2, -0.15) is 4.98 Å². The second kappa shape index (κ2) is 11.6. The first-order chi connectivity index (χ1) is 17.7. The van der Waals surface area contributed by atoms with Crippen LogP contribution in [0.4, 0.5) is 0 Å². The van der Waals surface area contributed by atoms with Gasteiger partial charge < -0.3 is 9.42 Å². The standard InChI is InChI=1S/C29H35N5O2/c1-23-8-5-6-12-26(23)28-30-27(36-31-28)22-33-16-13-25(14-17-33)29(35)34-20-18-32(19-21-34)15-7-11-24-9-3-2-4-10-24/h2-12,25H,13-22H2,1H3/b11-7+.